The van der Waals surface area contributed by atoms with Crippen LogP contribution in [0.4, 0.5) is 0 Å². The summed E-state index contributed by atoms with van der Waals surface area (Å²) >= 11 is 0. The first-order valence-electron chi connectivity index (χ1n) is 5.20. The lowest BCUT2D eigenvalue weighted by Gasteiger charge is -2.15. The first-order chi connectivity index (χ1) is 6.95. The molecule has 1 heterocycles. The number of nitrogens with zero attached hydrogens (tertiary/aromatic N) is 1. The molecule has 0 aromatic carbocycles. The smallest absolute Gasteiger partial charge is 0.235 e. The van der Waals surface area contributed by atoms with E-state index in [2.05, 4.69) is 20.4 Å². The summed E-state index contributed by atoms with van der Waals surface area (Å²) in [6.45, 7) is 9.14. The van der Waals surface area contributed by atoms with Crippen molar-refractivity contribution in [3.05, 3.63) is 12.0 Å². The summed E-state index contributed by atoms with van der Waals surface area (Å²) in [4.78, 5) is 0. The Balaban J connectivity index is 2.43. The number of ether oxygens (including phenoxy) is 1. The molecule has 1 unspecified atom stereocenters. The van der Waals surface area contributed by atoms with Crippen LogP contribution < -0.4 is 0 Å². The second-order valence-corrected chi connectivity index (χ2v) is 6.09. The Morgan fingerprint density at radius 3 is 2.80 bits per heavy atom. The van der Waals surface area contributed by atoms with Crippen LogP contribution in [-0.2, 0) is 14.8 Å². The van der Waals surface area contributed by atoms with E-state index in [0.717, 1.165) is 11.8 Å². The highest BCUT2D eigenvalue weighted by molar-refractivity contribution is 7.92. The van der Waals surface area contributed by atoms with Gasteiger partial charge in [-0.25, -0.2) is 8.42 Å². The highest BCUT2D eigenvalue weighted by Crippen LogP contribution is 2.17. The standard InChI is InChI=1S/C10H19NO3S/c1-4-15(12,13)11-6-5-10(7-11)14-8-9(2)3/h4,9-10H,1,5-8H2,2-3H3. The maximum atomic E-state index is 11.4. The molecule has 88 valence electrons. The highest BCUT2D eigenvalue weighted by atomic mass is 32.2. The van der Waals surface area contributed by atoms with Crippen molar-refractivity contribution in [3.8, 4) is 0 Å². The van der Waals surface area contributed by atoms with Crippen molar-refractivity contribution in [2.24, 2.45) is 5.92 Å². The fourth-order valence-electron chi connectivity index (χ4n) is 1.50. The van der Waals surface area contributed by atoms with Crippen LogP contribution in [-0.4, -0.2) is 38.5 Å². The maximum absolute atomic E-state index is 11.4. The number of sulfonamides is 1. The lowest BCUT2D eigenvalue weighted by atomic mass is 10.2. The van der Waals surface area contributed by atoms with Gasteiger partial charge in [0, 0.05) is 25.1 Å². The molecular formula is C10H19NO3S. The van der Waals surface area contributed by atoms with Crippen LogP contribution in [0.3, 0.4) is 0 Å². The van der Waals surface area contributed by atoms with Crippen LogP contribution in [0.1, 0.15) is 20.3 Å². The highest BCUT2D eigenvalue weighted by Gasteiger charge is 2.29. The van der Waals surface area contributed by atoms with Crippen molar-refractivity contribution in [2.45, 2.75) is 26.4 Å². The molecule has 0 N–H and O–H groups in total. The number of rotatable bonds is 5. The summed E-state index contributed by atoms with van der Waals surface area (Å²) in [6.07, 6.45) is 0.821. The lowest BCUT2D eigenvalue weighted by molar-refractivity contribution is 0.0456. The van der Waals surface area contributed by atoms with Crippen LogP contribution in [0.5, 0.6) is 0 Å². The van der Waals surface area contributed by atoms with Gasteiger partial charge in [0.05, 0.1) is 6.10 Å². The minimum absolute atomic E-state index is 0.0436. The van der Waals surface area contributed by atoms with Gasteiger partial charge in [0.25, 0.3) is 0 Å². The van der Waals surface area contributed by atoms with Gasteiger partial charge < -0.3 is 4.74 Å². The quantitative estimate of drug-likeness (QED) is 0.717. The summed E-state index contributed by atoms with van der Waals surface area (Å²) in [5, 5.41) is 0.998. The molecule has 1 aliphatic heterocycles. The second-order valence-electron chi connectivity index (χ2n) is 4.21. The molecule has 15 heavy (non-hydrogen) atoms. The Labute approximate surface area is 92.0 Å². The largest absolute Gasteiger partial charge is 0.377 e. The molecule has 0 radical (unpaired) electrons. The first kappa shape index (κ1) is 12.7. The van der Waals surface area contributed by atoms with E-state index in [9.17, 15) is 8.42 Å². The van der Waals surface area contributed by atoms with Crippen LogP contribution in [0.25, 0.3) is 0 Å². The van der Waals surface area contributed by atoms with Crippen LogP contribution in [0.15, 0.2) is 12.0 Å². The molecule has 1 fully saturated rings. The van der Waals surface area contributed by atoms with Crippen molar-refractivity contribution in [2.75, 3.05) is 19.7 Å². The Hall–Kier alpha value is -0.390. The Morgan fingerprint density at radius 2 is 2.27 bits per heavy atom. The molecule has 1 saturated heterocycles. The van der Waals surface area contributed by atoms with Gasteiger partial charge in [0.15, 0.2) is 0 Å². The molecule has 0 spiro atoms. The monoisotopic (exact) mass is 233 g/mol. The zero-order chi connectivity index (χ0) is 11.5. The van der Waals surface area contributed by atoms with Crippen LogP contribution in [0, 0.1) is 5.92 Å². The summed E-state index contributed by atoms with van der Waals surface area (Å²) in [5.41, 5.74) is 0. The van der Waals surface area contributed by atoms with E-state index in [1.807, 2.05) is 0 Å². The van der Waals surface area contributed by atoms with E-state index < -0.39 is 10.0 Å². The molecule has 0 saturated carbocycles. The molecular weight excluding hydrogens is 214 g/mol. The van der Waals surface area contributed by atoms with Crippen molar-refractivity contribution in [3.63, 3.8) is 0 Å². The molecule has 0 aliphatic carbocycles. The van der Waals surface area contributed by atoms with Crippen molar-refractivity contribution >= 4 is 10.0 Å². The molecule has 0 aromatic heterocycles. The molecule has 0 amide bonds. The SMILES string of the molecule is C=CS(=O)(=O)N1CCC(OCC(C)C)C1. The van der Waals surface area contributed by atoms with E-state index >= 15 is 0 Å². The summed E-state index contributed by atoms with van der Waals surface area (Å²) in [6, 6.07) is 0. The molecule has 4 nitrogen and oxygen atoms in total. The maximum Gasteiger partial charge on any atom is 0.235 e. The molecule has 0 aromatic rings. The van der Waals surface area contributed by atoms with Gasteiger partial charge in [0.2, 0.25) is 10.0 Å². The molecule has 5 heteroatoms. The Morgan fingerprint density at radius 1 is 1.60 bits per heavy atom. The fraction of sp³-hybridized carbons (Fsp3) is 0.800. The molecule has 1 atom stereocenters. The second kappa shape index (κ2) is 5.09. The van der Waals surface area contributed by atoms with Gasteiger partial charge in [-0.3, -0.25) is 0 Å². The van der Waals surface area contributed by atoms with Gasteiger partial charge in [0.1, 0.15) is 0 Å². The summed E-state index contributed by atoms with van der Waals surface area (Å²) in [7, 11) is -3.25. The molecule has 0 bridgehead atoms. The topological polar surface area (TPSA) is 46.6 Å². The van der Waals surface area contributed by atoms with Crippen molar-refractivity contribution in [1.82, 2.24) is 4.31 Å². The van der Waals surface area contributed by atoms with E-state index in [1.165, 1.54) is 4.31 Å². The van der Waals surface area contributed by atoms with Gasteiger partial charge in [-0.2, -0.15) is 4.31 Å². The third kappa shape index (κ3) is 3.59. The average Bonchev–Trinajstić information content (AvgIpc) is 2.63. The average molecular weight is 233 g/mol. The first-order valence-corrected chi connectivity index (χ1v) is 6.70. The number of hydrogen-bond acceptors (Lipinski definition) is 3. The minimum atomic E-state index is -3.25. The summed E-state index contributed by atoms with van der Waals surface area (Å²) < 4.78 is 29.9. The number of hydrogen-bond donors (Lipinski definition) is 0. The fourth-order valence-corrected chi connectivity index (χ4v) is 2.44. The van der Waals surface area contributed by atoms with Crippen molar-refractivity contribution < 1.29 is 13.2 Å². The molecule has 1 aliphatic rings. The van der Waals surface area contributed by atoms with Crippen molar-refractivity contribution in [1.29, 1.82) is 0 Å². The lowest BCUT2D eigenvalue weighted by Crippen LogP contribution is -2.28. The van der Waals surface area contributed by atoms with Gasteiger partial charge in [-0.15, -0.1) is 0 Å². The Bertz CT molecular complexity index is 311. The van der Waals surface area contributed by atoms with Gasteiger partial charge in [-0.1, -0.05) is 20.4 Å². The van der Waals surface area contributed by atoms with Crippen LogP contribution >= 0.6 is 0 Å². The summed E-state index contributed by atoms with van der Waals surface area (Å²) in [5.74, 6) is 0.482. The van der Waals surface area contributed by atoms with Gasteiger partial charge in [-0.05, 0) is 12.3 Å². The Kier molecular flexibility index (Phi) is 4.31. The molecule has 1 rings (SSSR count). The third-order valence-electron chi connectivity index (χ3n) is 2.34. The van der Waals surface area contributed by atoms with E-state index in [4.69, 9.17) is 4.74 Å². The zero-order valence-corrected chi connectivity index (χ0v) is 10.2. The van der Waals surface area contributed by atoms with Crippen LogP contribution in [0.2, 0.25) is 0 Å². The van der Waals surface area contributed by atoms with E-state index in [1.54, 1.807) is 0 Å². The van der Waals surface area contributed by atoms with E-state index in [-0.39, 0.29) is 6.10 Å². The van der Waals surface area contributed by atoms with E-state index in [0.29, 0.717) is 25.6 Å². The predicted molar refractivity (Wildman–Crippen MR) is 59.9 cm³/mol. The van der Waals surface area contributed by atoms with Gasteiger partial charge >= 0.3 is 0 Å². The normalized spacial score (nSPS) is 23.5. The predicted octanol–water partition coefficient (Wildman–Crippen LogP) is 1.21. The minimum Gasteiger partial charge on any atom is -0.377 e. The third-order valence-corrected chi connectivity index (χ3v) is 3.82. The zero-order valence-electron chi connectivity index (χ0n) is 9.35.